The van der Waals surface area contributed by atoms with Crippen LogP contribution in [0, 0.1) is 6.92 Å². The number of carbonyl (C=O) groups is 1. The minimum atomic E-state index is -0.211. The van der Waals surface area contributed by atoms with Crippen molar-refractivity contribution in [2.24, 2.45) is 0 Å². The van der Waals surface area contributed by atoms with E-state index < -0.39 is 0 Å². The van der Waals surface area contributed by atoms with E-state index in [2.05, 4.69) is 27.4 Å². The van der Waals surface area contributed by atoms with Gasteiger partial charge in [-0.25, -0.2) is 4.98 Å². The molecule has 0 bridgehead atoms. The van der Waals surface area contributed by atoms with Gasteiger partial charge in [-0.05, 0) is 19.4 Å². The first-order valence-electron chi connectivity index (χ1n) is 6.91. The lowest BCUT2D eigenvalue weighted by atomic mass is 10.2. The predicted molar refractivity (Wildman–Crippen MR) is 87.7 cm³/mol. The second-order valence-electron chi connectivity index (χ2n) is 4.57. The number of hydrogen-bond donors (Lipinski definition) is 1. The molecule has 0 radical (unpaired) electrons. The van der Waals surface area contributed by atoms with E-state index in [1.807, 2.05) is 12.3 Å². The minimum absolute atomic E-state index is 0.211. The second kappa shape index (κ2) is 7.99. The maximum atomic E-state index is 11.8. The SMILES string of the molecule is CCCCCc1nnc(NC(=O)/C=C/c2csc(C)n2)s1. The molecule has 0 fully saturated rings. The van der Waals surface area contributed by atoms with Crippen molar-refractivity contribution in [2.75, 3.05) is 5.32 Å². The summed E-state index contributed by atoms with van der Waals surface area (Å²) in [7, 11) is 0. The summed E-state index contributed by atoms with van der Waals surface area (Å²) >= 11 is 2.99. The molecule has 0 aromatic carbocycles. The van der Waals surface area contributed by atoms with Gasteiger partial charge in [-0.3, -0.25) is 10.1 Å². The van der Waals surface area contributed by atoms with Crippen LogP contribution in [0.15, 0.2) is 11.5 Å². The monoisotopic (exact) mass is 322 g/mol. The Morgan fingerprint density at radius 3 is 2.95 bits per heavy atom. The number of nitrogens with one attached hydrogen (secondary N) is 1. The number of nitrogens with zero attached hydrogens (tertiary/aromatic N) is 3. The van der Waals surface area contributed by atoms with Gasteiger partial charge >= 0.3 is 0 Å². The number of anilines is 1. The summed E-state index contributed by atoms with van der Waals surface area (Å²) in [6, 6.07) is 0. The third kappa shape index (κ3) is 5.35. The third-order valence-electron chi connectivity index (χ3n) is 2.73. The molecule has 2 rings (SSSR count). The number of aryl methyl sites for hydroxylation is 2. The highest BCUT2D eigenvalue weighted by Crippen LogP contribution is 2.17. The number of amides is 1. The molecule has 7 heteroatoms. The van der Waals surface area contributed by atoms with E-state index in [0.29, 0.717) is 5.13 Å². The molecule has 0 aliphatic heterocycles. The van der Waals surface area contributed by atoms with Crippen LogP contribution >= 0.6 is 22.7 Å². The van der Waals surface area contributed by atoms with Crippen LogP contribution in [0.2, 0.25) is 0 Å². The van der Waals surface area contributed by atoms with Crippen molar-refractivity contribution < 1.29 is 4.79 Å². The molecular weight excluding hydrogens is 304 g/mol. The molecule has 0 atom stereocenters. The first kappa shape index (κ1) is 15.8. The smallest absolute Gasteiger partial charge is 0.250 e. The largest absolute Gasteiger partial charge is 0.297 e. The molecule has 1 N–H and O–H groups in total. The normalized spacial score (nSPS) is 11.1. The van der Waals surface area contributed by atoms with Gasteiger partial charge in [0.2, 0.25) is 11.0 Å². The summed E-state index contributed by atoms with van der Waals surface area (Å²) in [5.41, 5.74) is 0.796. The van der Waals surface area contributed by atoms with Crippen LogP contribution in [-0.4, -0.2) is 21.1 Å². The van der Waals surface area contributed by atoms with Gasteiger partial charge in [0.1, 0.15) is 5.01 Å². The molecule has 1 amide bonds. The van der Waals surface area contributed by atoms with E-state index >= 15 is 0 Å². The zero-order valence-corrected chi connectivity index (χ0v) is 13.8. The highest BCUT2D eigenvalue weighted by molar-refractivity contribution is 7.15. The van der Waals surface area contributed by atoms with Crippen LogP contribution in [0.25, 0.3) is 6.08 Å². The minimum Gasteiger partial charge on any atom is -0.297 e. The summed E-state index contributed by atoms with van der Waals surface area (Å²) in [4.78, 5) is 16.0. The lowest BCUT2D eigenvalue weighted by molar-refractivity contribution is -0.111. The van der Waals surface area contributed by atoms with Gasteiger partial charge in [0, 0.05) is 17.9 Å². The Hall–Kier alpha value is -1.60. The average molecular weight is 322 g/mol. The van der Waals surface area contributed by atoms with Gasteiger partial charge in [0.15, 0.2) is 0 Å². The van der Waals surface area contributed by atoms with E-state index in [-0.39, 0.29) is 5.91 Å². The first-order valence-corrected chi connectivity index (χ1v) is 8.60. The third-order valence-corrected chi connectivity index (χ3v) is 4.42. The number of thiazole rings is 1. The Kier molecular flexibility index (Phi) is 6.01. The van der Waals surface area contributed by atoms with Crippen LogP contribution in [0.1, 0.15) is 41.9 Å². The van der Waals surface area contributed by atoms with Crippen molar-refractivity contribution in [2.45, 2.75) is 39.5 Å². The van der Waals surface area contributed by atoms with Crippen LogP contribution in [0.5, 0.6) is 0 Å². The molecule has 2 aromatic heterocycles. The summed E-state index contributed by atoms with van der Waals surface area (Å²) in [5, 5.41) is 15.2. The fourth-order valence-electron chi connectivity index (χ4n) is 1.70. The van der Waals surface area contributed by atoms with Crippen molar-refractivity contribution in [3.05, 3.63) is 27.2 Å². The van der Waals surface area contributed by atoms with Crippen LogP contribution in [0.3, 0.4) is 0 Å². The highest BCUT2D eigenvalue weighted by atomic mass is 32.1. The van der Waals surface area contributed by atoms with Crippen LogP contribution < -0.4 is 5.32 Å². The number of hydrogen-bond acceptors (Lipinski definition) is 6. The fourth-order valence-corrected chi connectivity index (χ4v) is 3.06. The molecule has 0 unspecified atom stereocenters. The molecular formula is C14H18N4OS2. The van der Waals surface area contributed by atoms with E-state index in [0.717, 1.165) is 28.6 Å². The summed E-state index contributed by atoms with van der Waals surface area (Å²) in [5.74, 6) is -0.211. The lowest BCUT2D eigenvalue weighted by Crippen LogP contribution is -2.07. The standard InChI is InChI=1S/C14H18N4OS2/c1-3-4-5-6-13-17-18-14(21-13)16-12(19)8-7-11-9-20-10(2)15-11/h7-9H,3-6H2,1-2H3,(H,16,18,19)/b8-7+. The first-order chi connectivity index (χ1) is 10.2. The highest BCUT2D eigenvalue weighted by Gasteiger charge is 2.06. The number of rotatable bonds is 7. The zero-order chi connectivity index (χ0) is 15.1. The molecule has 112 valence electrons. The Morgan fingerprint density at radius 1 is 1.38 bits per heavy atom. The lowest BCUT2D eigenvalue weighted by Gasteiger charge is -1.94. The molecule has 2 aromatic rings. The van der Waals surface area contributed by atoms with Crippen molar-refractivity contribution in [3.63, 3.8) is 0 Å². The van der Waals surface area contributed by atoms with Crippen LogP contribution in [0.4, 0.5) is 5.13 Å². The number of unbranched alkanes of at least 4 members (excludes halogenated alkanes) is 2. The van der Waals surface area contributed by atoms with Gasteiger partial charge in [-0.2, -0.15) is 0 Å². The maximum absolute atomic E-state index is 11.8. The Bertz CT molecular complexity index is 618. The van der Waals surface area contributed by atoms with Gasteiger partial charge in [-0.15, -0.1) is 21.5 Å². The van der Waals surface area contributed by atoms with E-state index in [4.69, 9.17) is 0 Å². The van der Waals surface area contributed by atoms with E-state index in [1.165, 1.54) is 30.3 Å². The molecule has 0 saturated carbocycles. The van der Waals surface area contributed by atoms with Crippen molar-refractivity contribution in [1.29, 1.82) is 0 Å². The summed E-state index contributed by atoms with van der Waals surface area (Å²) in [6.07, 6.45) is 7.58. The molecule has 0 aliphatic rings. The summed E-state index contributed by atoms with van der Waals surface area (Å²) in [6.45, 7) is 4.10. The topological polar surface area (TPSA) is 67.8 Å². The second-order valence-corrected chi connectivity index (χ2v) is 6.70. The molecule has 21 heavy (non-hydrogen) atoms. The Balaban J connectivity index is 1.83. The number of aromatic nitrogens is 3. The molecule has 0 aliphatic carbocycles. The maximum Gasteiger partial charge on any atom is 0.250 e. The van der Waals surface area contributed by atoms with Crippen molar-refractivity contribution >= 4 is 39.8 Å². The Labute approximate surface area is 132 Å². The summed E-state index contributed by atoms with van der Waals surface area (Å²) < 4.78 is 0. The van der Waals surface area contributed by atoms with E-state index in [1.54, 1.807) is 17.4 Å². The molecule has 5 nitrogen and oxygen atoms in total. The Morgan fingerprint density at radius 2 is 2.24 bits per heavy atom. The fraction of sp³-hybridized carbons (Fsp3) is 0.429. The average Bonchev–Trinajstić information content (AvgIpc) is 3.06. The van der Waals surface area contributed by atoms with Crippen molar-refractivity contribution in [3.8, 4) is 0 Å². The zero-order valence-electron chi connectivity index (χ0n) is 12.1. The van der Waals surface area contributed by atoms with Gasteiger partial charge < -0.3 is 0 Å². The van der Waals surface area contributed by atoms with Crippen LogP contribution in [-0.2, 0) is 11.2 Å². The molecule has 0 spiro atoms. The van der Waals surface area contributed by atoms with Gasteiger partial charge in [-0.1, -0.05) is 31.1 Å². The van der Waals surface area contributed by atoms with E-state index in [9.17, 15) is 4.79 Å². The molecule has 2 heterocycles. The molecule has 0 saturated heterocycles. The number of carbonyl (C=O) groups excluding carboxylic acids is 1. The quantitative estimate of drug-likeness (QED) is 0.623. The predicted octanol–water partition coefficient (Wildman–Crippen LogP) is 3.69. The van der Waals surface area contributed by atoms with Crippen molar-refractivity contribution in [1.82, 2.24) is 15.2 Å². The van der Waals surface area contributed by atoms with Gasteiger partial charge in [0.25, 0.3) is 0 Å². The van der Waals surface area contributed by atoms with Gasteiger partial charge in [0.05, 0.1) is 10.7 Å².